The van der Waals surface area contributed by atoms with Crippen LogP contribution in [0.4, 0.5) is 0 Å². The van der Waals surface area contributed by atoms with Crippen LogP contribution in [0, 0.1) is 5.92 Å². The van der Waals surface area contributed by atoms with Crippen LogP contribution < -0.4 is 5.32 Å². The van der Waals surface area contributed by atoms with E-state index in [2.05, 4.69) is 12.2 Å². The number of nitrogens with one attached hydrogen (secondary N) is 1. The van der Waals surface area contributed by atoms with Crippen LogP contribution in [0.2, 0.25) is 0 Å². The highest BCUT2D eigenvalue weighted by atomic mass is 32.2. The summed E-state index contributed by atoms with van der Waals surface area (Å²) in [5.74, 6) is 0.476. The van der Waals surface area contributed by atoms with Crippen molar-refractivity contribution in [3.63, 3.8) is 0 Å². The van der Waals surface area contributed by atoms with Crippen LogP contribution >= 0.6 is 0 Å². The van der Waals surface area contributed by atoms with E-state index < -0.39 is 9.84 Å². The first-order chi connectivity index (χ1) is 10.0. The molecule has 0 bridgehead atoms. The maximum absolute atomic E-state index is 11.9. The first kappa shape index (κ1) is 17.2. The molecule has 1 saturated heterocycles. The van der Waals surface area contributed by atoms with Crippen molar-refractivity contribution in [1.82, 2.24) is 5.32 Å². The molecule has 1 aliphatic heterocycles. The maximum atomic E-state index is 11.9. The van der Waals surface area contributed by atoms with E-state index in [0.717, 1.165) is 51.7 Å². The highest BCUT2D eigenvalue weighted by molar-refractivity contribution is 7.91. The molecule has 1 saturated carbocycles. The average Bonchev–Trinajstić information content (AvgIpc) is 2.47. The van der Waals surface area contributed by atoms with E-state index in [-0.39, 0.29) is 5.25 Å². The molecule has 1 heterocycles. The number of sulfone groups is 1. The van der Waals surface area contributed by atoms with Gasteiger partial charge in [0.1, 0.15) is 9.84 Å². The lowest BCUT2D eigenvalue weighted by atomic mass is 9.81. The van der Waals surface area contributed by atoms with Crippen LogP contribution in [0.5, 0.6) is 0 Å². The van der Waals surface area contributed by atoms with Crippen molar-refractivity contribution in [2.75, 3.05) is 19.4 Å². The molecule has 4 unspecified atom stereocenters. The van der Waals surface area contributed by atoms with Crippen LogP contribution in [0.25, 0.3) is 0 Å². The fourth-order valence-electron chi connectivity index (χ4n) is 3.92. The van der Waals surface area contributed by atoms with Gasteiger partial charge in [0.15, 0.2) is 0 Å². The van der Waals surface area contributed by atoms with Crippen LogP contribution in [0.15, 0.2) is 0 Å². The molecule has 21 heavy (non-hydrogen) atoms. The highest BCUT2D eigenvalue weighted by Crippen LogP contribution is 2.33. The van der Waals surface area contributed by atoms with E-state index >= 15 is 0 Å². The van der Waals surface area contributed by atoms with Crippen LogP contribution in [-0.4, -0.2) is 45.2 Å². The van der Waals surface area contributed by atoms with Gasteiger partial charge in [0.25, 0.3) is 0 Å². The van der Waals surface area contributed by atoms with E-state index in [1.165, 1.54) is 19.1 Å². The molecule has 124 valence electrons. The summed E-state index contributed by atoms with van der Waals surface area (Å²) in [4.78, 5) is 0. The van der Waals surface area contributed by atoms with Gasteiger partial charge in [-0.2, -0.15) is 0 Å². The fourth-order valence-corrected chi connectivity index (χ4v) is 5.11. The van der Waals surface area contributed by atoms with Crippen molar-refractivity contribution in [3.8, 4) is 0 Å². The molecule has 2 rings (SSSR count). The van der Waals surface area contributed by atoms with E-state index in [4.69, 9.17) is 4.74 Å². The Kier molecular flexibility index (Phi) is 6.51. The van der Waals surface area contributed by atoms with Gasteiger partial charge < -0.3 is 10.1 Å². The molecule has 1 aliphatic carbocycles. The van der Waals surface area contributed by atoms with E-state index in [1.807, 2.05) is 0 Å². The number of hydrogen-bond donors (Lipinski definition) is 1. The first-order valence-corrected chi connectivity index (χ1v) is 10.5. The topological polar surface area (TPSA) is 55.4 Å². The normalized spacial score (nSPS) is 32.8. The third-order valence-electron chi connectivity index (χ3n) is 5.10. The van der Waals surface area contributed by atoms with Gasteiger partial charge >= 0.3 is 0 Å². The van der Waals surface area contributed by atoms with Crippen molar-refractivity contribution < 1.29 is 13.2 Å². The average molecular weight is 317 g/mol. The Hall–Kier alpha value is -0.130. The van der Waals surface area contributed by atoms with Crippen molar-refractivity contribution in [2.45, 2.75) is 75.7 Å². The standard InChI is InChI=1S/C16H31NO3S/c1-3-17-16(12-14-8-4-5-10-20-14)13-7-6-9-15(11-13)21(2,18)19/h13-17H,3-12H2,1-2H3. The summed E-state index contributed by atoms with van der Waals surface area (Å²) in [6.07, 6.45) is 10.2. The number of hydrogen-bond acceptors (Lipinski definition) is 4. The summed E-state index contributed by atoms with van der Waals surface area (Å²) >= 11 is 0. The lowest BCUT2D eigenvalue weighted by Gasteiger charge is -2.36. The smallest absolute Gasteiger partial charge is 0.150 e. The Balaban J connectivity index is 1.96. The summed E-state index contributed by atoms with van der Waals surface area (Å²) in [5, 5.41) is 3.46. The van der Waals surface area contributed by atoms with Gasteiger partial charge in [0.2, 0.25) is 0 Å². The summed E-state index contributed by atoms with van der Waals surface area (Å²) in [5.41, 5.74) is 0. The molecule has 2 aliphatic rings. The largest absolute Gasteiger partial charge is 0.378 e. The Morgan fingerprint density at radius 1 is 1.19 bits per heavy atom. The molecule has 0 aromatic heterocycles. The van der Waals surface area contributed by atoms with E-state index in [9.17, 15) is 8.42 Å². The van der Waals surface area contributed by atoms with Crippen molar-refractivity contribution in [1.29, 1.82) is 0 Å². The summed E-state index contributed by atoms with van der Waals surface area (Å²) in [7, 11) is -2.90. The monoisotopic (exact) mass is 317 g/mol. The van der Waals surface area contributed by atoms with Gasteiger partial charge in [0.05, 0.1) is 11.4 Å². The van der Waals surface area contributed by atoms with Gasteiger partial charge in [-0.05, 0) is 57.4 Å². The van der Waals surface area contributed by atoms with Crippen LogP contribution in [0.3, 0.4) is 0 Å². The van der Waals surface area contributed by atoms with Crippen molar-refractivity contribution in [2.24, 2.45) is 5.92 Å². The van der Waals surface area contributed by atoms with Gasteiger partial charge in [0, 0.05) is 18.9 Å². The molecular weight excluding hydrogens is 286 g/mol. The zero-order valence-electron chi connectivity index (χ0n) is 13.5. The first-order valence-electron chi connectivity index (χ1n) is 8.54. The predicted molar refractivity (Wildman–Crippen MR) is 86.3 cm³/mol. The second-order valence-corrected chi connectivity index (χ2v) is 9.09. The third kappa shape index (κ3) is 5.22. The lowest BCUT2D eigenvalue weighted by molar-refractivity contribution is -0.000197. The van der Waals surface area contributed by atoms with Gasteiger partial charge in [-0.3, -0.25) is 0 Å². The third-order valence-corrected chi connectivity index (χ3v) is 6.74. The molecule has 1 N–H and O–H groups in total. The van der Waals surface area contributed by atoms with E-state index in [0.29, 0.717) is 18.1 Å². The predicted octanol–water partition coefficient (Wildman–Crippen LogP) is 2.53. The summed E-state index contributed by atoms with van der Waals surface area (Å²) in [6.45, 7) is 3.96. The minimum atomic E-state index is -2.90. The molecule has 0 amide bonds. The molecule has 4 atom stereocenters. The van der Waals surface area contributed by atoms with Crippen LogP contribution in [0.1, 0.15) is 58.3 Å². The highest BCUT2D eigenvalue weighted by Gasteiger charge is 2.34. The number of rotatable bonds is 6. The van der Waals surface area contributed by atoms with E-state index in [1.54, 1.807) is 0 Å². The fraction of sp³-hybridized carbons (Fsp3) is 1.00. The SMILES string of the molecule is CCNC(CC1CCCCO1)C1CCCC(S(C)(=O)=O)C1. The van der Waals surface area contributed by atoms with Crippen LogP contribution in [-0.2, 0) is 14.6 Å². The second kappa shape index (κ2) is 7.93. The number of ether oxygens (including phenoxy) is 1. The van der Waals surface area contributed by atoms with Gasteiger partial charge in [-0.25, -0.2) is 8.42 Å². The molecule has 2 fully saturated rings. The zero-order valence-corrected chi connectivity index (χ0v) is 14.3. The van der Waals surface area contributed by atoms with Crippen molar-refractivity contribution >= 4 is 9.84 Å². The molecule has 0 radical (unpaired) electrons. The van der Waals surface area contributed by atoms with Gasteiger partial charge in [-0.15, -0.1) is 0 Å². The quantitative estimate of drug-likeness (QED) is 0.818. The minimum Gasteiger partial charge on any atom is -0.378 e. The minimum absolute atomic E-state index is 0.135. The Morgan fingerprint density at radius 2 is 2.00 bits per heavy atom. The van der Waals surface area contributed by atoms with Crippen molar-refractivity contribution in [3.05, 3.63) is 0 Å². The summed E-state index contributed by atoms with van der Waals surface area (Å²) < 4.78 is 29.6. The maximum Gasteiger partial charge on any atom is 0.150 e. The molecule has 0 spiro atoms. The summed E-state index contributed by atoms with van der Waals surface area (Å²) in [6, 6.07) is 0.405. The molecule has 0 aromatic rings. The molecule has 0 aromatic carbocycles. The Morgan fingerprint density at radius 3 is 2.62 bits per heavy atom. The molecular formula is C16H31NO3S. The second-order valence-electron chi connectivity index (χ2n) is 6.77. The Bertz CT molecular complexity index is 404. The molecule has 4 nitrogen and oxygen atoms in total. The molecule has 5 heteroatoms. The zero-order chi connectivity index (χ0) is 15.3. The Labute approximate surface area is 129 Å². The lowest BCUT2D eigenvalue weighted by Crippen LogP contribution is -2.43. The van der Waals surface area contributed by atoms with Gasteiger partial charge in [-0.1, -0.05) is 13.3 Å².